The van der Waals surface area contributed by atoms with E-state index in [-0.39, 0.29) is 5.91 Å². The van der Waals surface area contributed by atoms with Gasteiger partial charge in [-0.15, -0.1) is 0 Å². The number of carbonyl (C=O) groups excluding carboxylic acids is 1. The van der Waals surface area contributed by atoms with Gasteiger partial charge in [-0.25, -0.2) is 0 Å². The lowest BCUT2D eigenvalue weighted by Gasteiger charge is -2.22. The molecule has 1 aromatic carbocycles. The number of hydrogen-bond acceptors (Lipinski definition) is 3. The van der Waals surface area contributed by atoms with Gasteiger partial charge < -0.3 is 5.32 Å². The summed E-state index contributed by atoms with van der Waals surface area (Å²) >= 11 is 1.96. The number of fused-ring (bicyclic) bond motifs is 1. The van der Waals surface area contributed by atoms with Crippen LogP contribution < -0.4 is 5.32 Å². The van der Waals surface area contributed by atoms with Gasteiger partial charge in [-0.05, 0) is 36.5 Å². The summed E-state index contributed by atoms with van der Waals surface area (Å²) in [6.07, 6.45) is 3.90. The lowest BCUT2D eigenvalue weighted by Crippen LogP contribution is -2.37. The van der Waals surface area contributed by atoms with E-state index >= 15 is 0 Å². The molecular weight excluding hydrogens is 246 g/mol. The average molecular weight is 261 g/mol. The Labute approximate surface area is 110 Å². The van der Waals surface area contributed by atoms with Crippen molar-refractivity contribution in [3.63, 3.8) is 0 Å². The van der Waals surface area contributed by atoms with Crippen LogP contribution in [0.15, 0.2) is 24.4 Å². The molecule has 1 aromatic heterocycles. The topological polar surface area (TPSA) is 57.8 Å². The maximum absolute atomic E-state index is 12.1. The van der Waals surface area contributed by atoms with E-state index in [1.54, 1.807) is 6.20 Å². The normalized spacial score (nSPS) is 16.9. The van der Waals surface area contributed by atoms with Gasteiger partial charge in [-0.3, -0.25) is 9.89 Å². The first-order valence-electron chi connectivity index (χ1n) is 6.15. The van der Waals surface area contributed by atoms with Crippen molar-refractivity contribution in [2.45, 2.75) is 18.9 Å². The Bertz CT molecular complexity index is 560. The van der Waals surface area contributed by atoms with Crippen molar-refractivity contribution in [1.82, 2.24) is 15.5 Å². The zero-order valence-electron chi connectivity index (χ0n) is 9.98. The number of benzene rings is 1. The Morgan fingerprint density at radius 3 is 3.06 bits per heavy atom. The van der Waals surface area contributed by atoms with Gasteiger partial charge in [0.1, 0.15) is 0 Å². The Morgan fingerprint density at radius 1 is 1.39 bits per heavy atom. The smallest absolute Gasteiger partial charge is 0.251 e. The van der Waals surface area contributed by atoms with Crippen molar-refractivity contribution in [1.29, 1.82) is 0 Å². The van der Waals surface area contributed by atoms with Gasteiger partial charge in [0.25, 0.3) is 5.91 Å². The zero-order valence-corrected chi connectivity index (χ0v) is 10.8. The minimum Gasteiger partial charge on any atom is -0.349 e. The molecule has 2 N–H and O–H groups in total. The number of nitrogens with zero attached hydrogens (tertiary/aromatic N) is 1. The second kappa shape index (κ2) is 5.02. The number of nitrogens with one attached hydrogen (secondary N) is 2. The quantitative estimate of drug-likeness (QED) is 0.871. The zero-order chi connectivity index (χ0) is 12.4. The first kappa shape index (κ1) is 11.6. The van der Waals surface area contributed by atoms with E-state index in [2.05, 4.69) is 15.5 Å². The van der Waals surface area contributed by atoms with Crippen molar-refractivity contribution in [2.75, 3.05) is 11.5 Å². The first-order valence-corrected chi connectivity index (χ1v) is 7.30. The predicted molar refractivity (Wildman–Crippen MR) is 73.9 cm³/mol. The van der Waals surface area contributed by atoms with E-state index in [1.807, 2.05) is 30.0 Å². The van der Waals surface area contributed by atoms with Crippen LogP contribution in [0.5, 0.6) is 0 Å². The molecule has 18 heavy (non-hydrogen) atoms. The highest BCUT2D eigenvalue weighted by molar-refractivity contribution is 7.99. The summed E-state index contributed by atoms with van der Waals surface area (Å²) in [6, 6.07) is 5.96. The molecule has 1 saturated heterocycles. The first-order chi connectivity index (χ1) is 8.83. The van der Waals surface area contributed by atoms with Crippen LogP contribution in [-0.4, -0.2) is 33.7 Å². The van der Waals surface area contributed by atoms with Gasteiger partial charge in [0.15, 0.2) is 0 Å². The second-order valence-corrected chi connectivity index (χ2v) is 5.76. The largest absolute Gasteiger partial charge is 0.349 e. The van der Waals surface area contributed by atoms with Crippen LogP contribution in [0.3, 0.4) is 0 Å². The summed E-state index contributed by atoms with van der Waals surface area (Å²) in [5, 5.41) is 11.0. The fourth-order valence-corrected chi connectivity index (χ4v) is 3.30. The molecule has 0 bridgehead atoms. The summed E-state index contributed by atoms with van der Waals surface area (Å²) in [7, 11) is 0. The SMILES string of the molecule is O=C(NC1CCSCC1)c1ccc2cn[nH]c2c1. The predicted octanol–water partition coefficient (Wildman–Crippen LogP) is 2.19. The van der Waals surface area contributed by atoms with Crippen LogP contribution in [0.25, 0.3) is 10.9 Å². The van der Waals surface area contributed by atoms with Crippen LogP contribution in [0.2, 0.25) is 0 Å². The highest BCUT2D eigenvalue weighted by atomic mass is 32.2. The standard InChI is InChI=1S/C13H15N3OS/c17-13(15-11-3-5-18-6-4-11)9-1-2-10-8-14-16-12(10)7-9/h1-2,7-8,11H,3-6H2,(H,14,16)(H,15,17). The van der Waals surface area contributed by atoms with Crippen molar-refractivity contribution >= 4 is 28.6 Å². The van der Waals surface area contributed by atoms with E-state index in [1.165, 1.54) is 0 Å². The molecule has 5 heteroatoms. The number of thioether (sulfide) groups is 1. The van der Waals surface area contributed by atoms with E-state index in [0.717, 1.165) is 35.3 Å². The van der Waals surface area contributed by atoms with Crippen molar-refractivity contribution < 1.29 is 4.79 Å². The molecule has 0 atom stereocenters. The van der Waals surface area contributed by atoms with E-state index < -0.39 is 0 Å². The Balaban J connectivity index is 1.74. The molecule has 3 rings (SSSR count). The molecule has 0 saturated carbocycles. The molecule has 0 radical (unpaired) electrons. The van der Waals surface area contributed by atoms with Gasteiger partial charge in [0.2, 0.25) is 0 Å². The van der Waals surface area contributed by atoms with Crippen LogP contribution >= 0.6 is 11.8 Å². The van der Waals surface area contributed by atoms with Crippen molar-refractivity contribution in [2.24, 2.45) is 0 Å². The van der Waals surface area contributed by atoms with Gasteiger partial charge in [0, 0.05) is 17.0 Å². The summed E-state index contributed by atoms with van der Waals surface area (Å²) in [6.45, 7) is 0. The Morgan fingerprint density at radius 2 is 2.22 bits per heavy atom. The molecular formula is C13H15N3OS. The maximum atomic E-state index is 12.1. The molecule has 1 aliphatic heterocycles. The molecule has 0 spiro atoms. The van der Waals surface area contributed by atoms with Crippen LogP contribution in [0, 0.1) is 0 Å². The van der Waals surface area contributed by atoms with E-state index in [4.69, 9.17) is 0 Å². The molecule has 0 aliphatic carbocycles. The number of H-pyrrole nitrogens is 1. The number of aromatic amines is 1. The van der Waals surface area contributed by atoms with Crippen molar-refractivity contribution in [3.8, 4) is 0 Å². The maximum Gasteiger partial charge on any atom is 0.251 e. The molecule has 1 aliphatic rings. The minimum atomic E-state index is 0.0170. The minimum absolute atomic E-state index is 0.0170. The number of carbonyl (C=O) groups is 1. The molecule has 2 heterocycles. The highest BCUT2D eigenvalue weighted by Gasteiger charge is 2.17. The molecule has 94 valence electrons. The van der Waals surface area contributed by atoms with Crippen LogP contribution in [0.1, 0.15) is 23.2 Å². The van der Waals surface area contributed by atoms with Crippen LogP contribution in [0.4, 0.5) is 0 Å². The van der Waals surface area contributed by atoms with Gasteiger partial charge >= 0.3 is 0 Å². The number of aromatic nitrogens is 2. The molecule has 1 fully saturated rings. The third kappa shape index (κ3) is 2.36. The number of amides is 1. The van der Waals surface area contributed by atoms with Crippen LogP contribution in [-0.2, 0) is 0 Å². The molecule has 0 unspecified atom stereocenters. The van der Waals surface area contributed by atoms with Crippen molar-refractivity contribution in [3.05, 3.63) is 30.0 Å². The summed E-state index contributed by atoms with van der Waals surface area (Å²) in [5.41, 5.74) is 1.60. The summed E-state index contributed by atoms with van der Waals surface area (Å²) in [5.74, 6) is 2.30. The third-order valence-electron chi connectivity index (χ3n) is 3.26. The summed E-state index contributed by atoms with van der Waals surface area (Å²) in [4.78, 5) is 12.1. The number of hydrogen-bond donors (Lipinski definition) is 2. The van der Waals surface area contributed by atoms with E-state index in [9.17, 15) is 4.79 Å². The number of rotatable bonds is 2. The van der Waals surface area contributed by atoms with Gasteiger partial charge in [0.05, 0.1) is 11.7 Å². The molecule has 1 amide bonds. The van der Waals surface area contributed by atoms with E-state index in [0.29, 0.717) is 11.6 Å². The Hall–Kier alpha value is -1.49. The van der Waals surface area contributed by atoms with Gasteiger partial charge in [-0.1, -0.05) is 6.07 Å². The fraction of sp³-hybridized carbons (Fsp3) is 0.385. The van der Waals surface area contributed by atoms with Gasteiger partial charge in [-0.2, -0.15) is 16.9 Å². The fourth-order valence-electron chi connectivity index (χ4n) is 2.19. The third-order valence-corrected chi connectivity index (χ3v) is 4.31. The average Bonchev–Trinajstić information content (AvgIpc) is 2.87. The monoisotopic (exact) mass is 261 g/mol. The molecule has 2 aromatic rings. The summed E-state index contributed by atoms with van der Waals surface area (Å²) < 4.78 is 0. The molecule has 4 nitrogen and oxygen atoms in total. The Kier molecular flexibility index (Phi) is 3.23. The highest BCUT2D eigenvalue weighted by Crippen LogP contribution is 2.18. The lowest BCUT2D eigenvalue weighted by molar-refractivity contribution is 0.0935. The lowest BCUT2D eigenvalue weighted by atomic mass is 10.1. The second-order valence-electron chi connectivity index (χ2n) is 4.53.